The van der Waals surface area contributed by atoms with Gasteiger partial charge < -0.3 is 10.6 Å². The molecule has 6 heteroatoms. The van der Waals surface area contributed by atoms with Gasteiger partial charge in [0.15, 0.2) is 0 Å². The summed E-state index contributed by atoms with van der Waals surface area (Å²) >= 11 is 0. The second kappa shape index (κ2) is 6.78. The molecule has 0 radical (unpaired) electrons. The number of halogens is 2. The van der Waals surface area contributed by atoms with Crippen LogP contribution in [-0.2, 0) is 16.1 Å². The number of benzene rings is 2. The first-order valence-electron chi connectivity index (χ1n) is 7.61. The van der Waals surface area contributed by atoms with Gasteiger partial charge in [0.2, 0.25) is 11.8 Å². The molecule has 0 saturated heterocycles. The predicted octanol–water partition coefficient (Wildman–Crippen LogP) is 2.86. The van der Waals surface area contributed by atoms with Crippen LogP contribution in [0.4, 0.5) is 14.5 Å². The van der Waals surface area contributed by atoms with Crippen molar-refractivity contribution in [2.45, 2.75) is 13.0 Å². The Hall–Kier alpha value is -2.76. The molecule has 1 saturated carbocycles. The van der Waals surface area contributed by atoms with Crippen LogP contribution >= 0.6 is 0 Å². The number of nitrogens with one attached hydrogen (secondary N) is 2. The van der Waals surface area contributed by atoms with Gasteiger partial charge in [-0.15, -0.1) is 0 Å². The fourth-order valence-corrected chi connectivity index (χ4v) is 2.47. The standard InChI is InChI=1S/C18H16F2N2O2/c19-12-3-1-11(2-4-12)10-21-17(23)15-9-16(15)18(24)22-14-7-5-13(20)6-8-14/h1-8,15-16H,9-10H2,(H,21,23)(H,22,24). The van der Waals surface area contributed by atoms with E-state index >= 15 is 0 Å². The molecule has 1 fully saturated rings. The number of carbonyl (C=O) groups excluding carboxylic acids is 2. The van der Waals surface area contributed by atoms with Gasteiger partial charge in [-0.1, -0.05) is 12.1 Å². The molecule has 0 spiro atoms. The lowest BCUT2D eigenvalue weighted by Crippen LogP contribution is -2.27. The molecule has 0 heterocycles. The van der Waals surface area contributed by atoms with Crippen LogP contribution in [0.1, 0.15) is 12.0 Å². The van der Waals surface area contributed by atoms with Crippen LogP contribution in [0.5, 0.6) is 0 Å². The van der Waals surface area contributed by atoms with Crippen molar-refractivity contribution in [2.24, 2.45) is 11.8 Å². The molecule has 2 amide bonds. The van der Waals surface area contributed by atoms with Crippen LogP contribution in [0.15, 0.2) is 48.5 Å². The molecule has 2 N–H and O–H groups in total. The zero-order valence-electron chi connectivity index (χ0n) is 12.8. The van der Waals surface area contributed by atoms with E-state index < -0.39 is 0 Å². The Kier molecular flexibility index (Phi) is 4.55. The number of carbonyl (C=O) groups is 2. The monoisotopic (exact) mass is 330 g/mol. The summed E-state index contributed by atoms with van der Waals surface area (Å²) in [7, 11) is 0. The number of amides is 2. The highest BCUT2D eigenvalue weighted by Gasteiger charge is 2.47. The maximum absolute atomic E-state index is 12.8. The maximum Gasteiger partial charge on any atom is 0.228 e. The van der Waals surface area contributed by atoms with Crippen molar-refractivity contribution in [3.05, 3.63) is 65.7 Å². The molecule has 2 aromatic carbocycles. The summed E-state index contributed by atoms with van der Waals surface area (Å²) in [5.41, 5.74) is 1.29. The van der Waals surface area contributed by atoms with E-state index in [4.69, 9.17) is 0 Å². The molecule has 124 valence electrons. The summed E-state index contributed by atoms with van der Waals surface area (Å²) in [5, 5.41) is 5.41. The molecule has 1 aliphatic carbocycles. The minimum Gasteiger partial charge on any atom is -0.352 e. The van der Waals surface area contributed by atoms with Crippen molar-refractivity contribution in [2.75, 3.05) is 5.32 Å². The molecule has 0 aliphatic heterocycles. The molecule has 2 unspecified atom stereocenters. The summed E-state index contributed by atoms with van der Waals surface area (Å²) in [5.74, 6) is -1.88. The highest BCUT2D eigenvalue weighted by Crippen LogP contribution is 2.39. The second-order valence-corrected chi connectivity index (χ2v) is 5.79. The molecular formula is C18H16F2N2O2. The predicted molar refractivity (Wildman–Crippen MR) is 84.9 cm³/mol. The Morgan fingerprint density at radius 3 is 2.04 bits per heavy atom. The van der Waals surface area contributed by atoms with Gasteiger partial charge in [-0.2, -0.15) is 0 Å². The first-order chi connectivity index (χ1) is 11.5. The van der Waals surface area contributed by atoms with Crippen molar-refractivity contribution >= 4 is 17.5 Å². The Morgan fingerprint density at radius 1 is 0.875 bits per heavy atom. The van der Waals surface area contributed by atoms with Crippen LogP contribution in [0, 0.1) is 23.5 Å². The normalized spacial score (nSPS) is 18.8. The Bertz CT molecular complexity index is 745. The van der Waals surface area contributed by atoms with Crippen molar-refractivity contribution < 1.29 is 18.4 Å². The van der Waals surface area contributed by atoms with E-state index in [1.165, 1.54) is 36.4 Å². The van der Waals surface area contributed by atoms with Crippen molar-refractivity contribution in [3.63, 3.8) is 0 Å². The third-order valence-electron chi connectivity index (χ3n) is 3.96. The van der Waals surface area contributed by atoms with Gasteiger partial charge in [-0.3, -0.25) is 9.59 Å². The lowest BCUT2D eigenvalue weighted by atomic mass is 10.2. The van der Waals surface area contributed by atoms with Crippen molar-refractivity contribution in [1.82, 2.24) is 5.32 Å². The topological polar surface area (TPSA) is 58.2 Å². The second-order valence-electron chi connectivity index (χ2n) is 5.79. The molecule has 2 aromatic rings. The van der Waals surface area contributed by atoms with E-state index in [1.54, 1.807) is 12.1 Å². The summed E-state index contributed by atoms with van der Waals surface area (Å²) in [6, 6.07) is 11.3. The summed E-state index contributed by atoms with van der Waals surface area (Å²) < 4.78 is 25.6. The van der Waals surface area contributed by atoms with Gasteiger partial charge in [0.1, 0.15) is 11.6 Å². The highest BCUT2D eigenvalue weighted by molar-refractivity contribution is 5.99. The van der Waals surface area contributed by atoms with E-state index in [-0.39, 0.29) is 35.3 Å². The molecule has 3 rings (SSSR count). The Labute approximate surface area is 137 Å². The average Bonchev–Trinajstić information content (AvgIpc) is 3.37. The maximum atomic E-state index is 12.8. The van der Waals surface area contributed by atoms with Gasteiger partial charge in [-0.05, 0) is 48.4 Å². The molecule has 1 aliphatic rings. The van der Waals surface area contributed by atoms with E-state index in [9.17, 15) is 18.4 Å². The molecular weight excluding hydrogens is 314 g/mol. The first-order valence-corrected chi connectivity index (χ1v) is 7.61. The zero-order valence-corrected chi connectivity index (χ0v) is 12.8. The summed E-state index contributed by atoms with van der Waals surface area (Å²) in [4.78, 5) is 24.1. The number of hydrogen-bond acceptors (Lipinski definition) is 2. The number of hydrogen-bond donors (Lipinski definition) is 2. The molecule has 4 nitrogen and oxygen atoms in total. The highest BCUT2D eigenvalue weighted by atomic mass is 19.1. The minimum atomic E-state index is -0.377. The number of anilines is 1. The molecule has 24 heavy (non-hydrogen) atoms. The SMILES string of the molecule is O=C(NCc1ccc(F)cc1)C1CC1C(=O)Nc1ccc(F)cc1. The average molecular weight is 330 g/mol. The van der Waals surface area contributed by atoms with Crippen LogP contribution in [0.3, 0.4) is 0 Å². The lowest BCUT2D eigenvalue weighted by Gasteiger charge is -2.06. The summed E-state index contributed by atoms with van der Waals surface area (Å²) in [6.07, 6.45) is 0.488. The largest absolute Gasteiger partial charge is 0.352 e. The van der Waals surface area contributed by atoms with Crippen molar-refractivity contribution in [1.29, 1.82) is 0 Å². The Morgan fingerprint density at radius 2 is 1.42 bits per heavy atom. The van der Waals surface area contributed by atoms with Crippen LogP contribution in [0.25, 0.3) is 0 Å². The third-order valence-corrected chi connectivity index (χ3v) is 3.96. The fourth-order valence-electron chi connectivity index (χ4n) is 2.47. The van der Waals surface area contributed by atoms with Crippen LogP contribution in [0.2, 0.25) is 0 Å². The third kappa shape index (κ3) is 3.95. The molecule has 0 aromatic heterocycles. The van der Waals surface area contributed by atoms with Crippen molar-refractivity contribution in [3.8, 4) is 0 Å². The molecule has 2 atom stereocenters. The zero-order chi connectivity index (χ0) is 17.1. The number of rotatable bonds is 5. The van der Waals surface area contributed by atoms with Gasteiger partial charge >= 0.3 is 0 Å². The van der Waals surface area contributed by atoms with Crippen LogP contribution < -0.4 is 10.6 Å². The fraction of sp³-hybridized carbons (Fsp3) is 0.222. The quantitative estimate of drug-likeness (QED) is 0.886. The van der Waals surface area contributed by atoms with E-state index in [1.807, 2.05) is 0 Å². The first kappa shape index (κ1) is 16.1. The van der Waals surface area contributed by atoms with Gasteiger partial charge in [0.05, 0.1) is 11.8 Å². The van der Waals surface area contributed by atoms with E-state index in [0.717, 1.165) is 5.56 Å². The van der Waals surface area contributed by atoms with Crippen LogP contribution in [-0.4, -0.2) is 11.8 Å². The van der Waals surface area contributed by atoms with E-state index in [0.29, 0.717) is 18.7 Å². The van der Waals surface area contributed by atoms with Gasteiger partial charge in [0.25, 0.3) is 0 Å². The minimum absolute atomic E-state index is 0.196. The lowest BCUT2D eigenvalue weighted by molar-refractivity contribution is -0.125. The van der Waals surface area contributed by atoms with Gasteiger partial charge in [-0.25, -0.2) is 8.78 Å². The molecule has 0 bridgehead atoms. The smallest absolute Gasteiger partial charge is 0.228 e. The summed E-state index contributed by atoms with van der Waals surface area (Å²) in [6.45, 7) is 0.294. The van der Waals surface area contributed by atoms with Gasteiger partial charge in [0, 0.05) is 12.2 Å². The Balaban J connectivity index is 1.47. The van der Waals surface area contributed by atoms with E-state index in [2.05, 4.69) is 10.6 Å².